The van der Waals surface area contributed by atoms with Crippen LogP contribution in [0.1, 0.15) is 16.6 Å². The molecule has 3 rings (SSSR count). The van der Waals surface area contributed by atoms with Gasteiger partial charge in [0.1, 0.15) is 0 Å². The maximum absolute atomic E-state index is 12.0. The van der Waals surface area contributed by atoms with E-state index in [0.29, 0.717) is 24.8 Å². The van der Waals surface area contributed by atoms with Gasteiger partial charge < -0.3 is 15.0 Å². The van der Waals surface area contributed by atoms with Crippen molar-refractivity contribution in [1.82, 2.24) is 20.6 Å². The van der Waals surface area contributed by atoms with Crippen LogP contribution in [0.2, 0.25) is 0 Å². The average molecular weight is 312 g/mol. The second-order valence-electron chi connectivity index (χ2n) is 4.80. The molecule has 1 aromatic rings. The molecule has 1 aromatic heterocycles. The molecule has 0 aliphatic carbocycles. The van der Waals surface area contributed by atoms with Crippen LogP contribution in [0.5, 0.6) is 0 Å². The first-order valence-corrected chi connectivity index (χ1v) is 7.30. The number of ether oxygens (including phenoxy) is 1. The van der Waals surface area contributed by atoms with Crippen LogP contribution in [0, 0.1) is 0 Å². The number of hydrogen-bond acceptors (Lipinski definition) is 6. The van der Waals surface area contributed by atoms with E-state index in [2.05, 4.69) is 21.0 Å². The number of thiazole rings is 1. The fourth-order valence-corrected chi connectivity index (χ4v) is 3.75. The lowest BCUT2D eigenvalue weighted by Crippen LogP contribution is -2.57. The van der Waals surface area contributed by atoms with E-state index in [1.807, 2.05) is 0 Å². The highest BCUT2D eigenvalue weighted by Gasteiger charge is 2.42. The van der Waals surface area contributed by atoms with Gasteiger partial charge in [-0.3, -0.25) is 10.7 Å². The Hall–Kier alpha value is -1.91. The predicted octanol–water partition coefficient (Wildman–Crippen LogP) is -0.224. The Labute approximate surface area is 124 Å². The highest BCUT2D eigenvalue weighted by atomic mass is 32.1. The van der Waals surface area contributed by atoms with Crippen LogP contribution in [0.3, 0.4) is 0 Å². The molecule has 21 heavy (non-hydrogen) atoms. The van der Waals surface area contributed by atoms with Gasteiger partial charge in [0.05, 0.1) is 35.9 Å². The number of nitrogens with zero attached hydrogens (tertiary/aromatic N) is 2. The normalized spacial score (nSPS) is 23.2. The first-order chi connectivity index (χ1) is 10.1. The van der Waals surface area contributed by atoms with Crippen LogP contribution in [-0.2, 0) is 11.2 Å². The number of anilines is 1. The minimum absolute atomic E-state index is 0.0882. The molecule has 4 amide bonds. The number of nitrogens with one attached hydrogen (secondary N) is 3. The summed E-state index contributed by atoms with van der Waals surface area (Å²) in [6.45, 7) is 0.859. The van der Waals surface area contributed by atoms with Gasteiger partial charge in [-0.25, -0.2) is 20.4 Å². The molecule has 114 valence electrons. The average Bonchev–Trinajstić information content (AvgIpc) is 2.87. The summed E-state index contributed by atoms with van der Waals surface area (Å²) in [5.74, 6) is 5.26. The van der Waals surface area contributed by atoms with Gasteiger partial charge in [0, 0.05) is 13.5 Å². The third-order valence-corrected chi connectivity index (χ3v) is 4.69. The van der Waals surface area contributed by atoms with E-state index in [9.17, 15) is 9.59 Å². The summed E-state index contributed by atoms with van der Waals surface area (Å²) >= 11 is 1.35. The molecule has 1 saturated heterocycles. The van der Waals surface area contributed by atoms with E-state index in [0.717, 1.165) is 10.6 Å². The summed E-state index contributed by atoms with van der Waals surface area (Å²) in [5.41, 5.74) is 3.09. The van der Waals surface area contributed by atoms with Crippen molar-refractivity contribution in [2.45, 2.75) is 18.5 Å². The van der Waals surface area contributed by atoms with Crippen molar-refractivity contribution >= 4 is 28.5 Å². The molecular weight excluding hydrogens is 296 g/mol. The Bertz CT molecular complexity index is 576. The van der Waals surface area contributed by atoms with Crippen LogP contribution in [0.4, 0.5) is 14.7 Å². The van der Waals surface area contributed by atoms with Gasteiger partial charge in [-0.1, -0.05) is 11.3 Å². The Balaban J connectivity index is 1.91. The van der Waals surface area contributed by atoms with Crippen molar-refractivity contribution in [3.63, 3.8) is 0 Å². The third kappa shape index (κ3) is 2.41. The minimum Gasteiger partial charge on any atom is -0.377 e. The van der Waals surface area contributed by atoms with Crippen LogP contribution in [-0.4, -0.2) is 48.2 Å². The van der Waals surface area contributed by atoms with E-state index >= 15 is 0 Å². The molecule has 2 aliphatic heterocycles. The summed E-state index contributed by atoms with van der Waals surface area (Å²) in [6.07, 6.45) is 0.588. The van der Waals surface area contributed by atoms with Crippen molar-refractivity contribution in [2.24, 2.45) is 5.84 Å². The van der Waals surface area contributed by atoms with Crippen molar-refractivity contribution in [1.29, 1.82) is 0 Å². The fourth-order valence-electron chi connectivity index (χ4n) is 2.68. The molecule has 0 aromatic carbocycles. The first-order valence-electron chi connectivity index (χ1n) is 6.49. The molecule has 1 fully saturated rings. The molecule has 2 aliphatic rings. The number of carbonyl (C=O) groups is 2. The zero-order valence-corrected chi connectivity index (χ0v) is 12.2. The summed E-state index contributed by atoms with van der Waals surface area (Å²) in [4.78, 5) is 30.4. The standard InChI is InChI=1S/C11H16N6O3S/c1-13-9(18)15-10-14-6-2-5-3-20-4-7(8(6)21-10)17(5)11(19)16-12/h5,7H,2-4,12H2,1H3,(H,16,19)(H2,13,14,15,18)/t5-,7-/m0/s1. The Morgan fingerprint density at radius 3 is 3.00 bits per heavy atom. The molecule has 2 bridgehead atoms. The number of hydrazine groups is 1. The van der Waals surface area contributed by atoms with Gasteiger partial charge in [-0.05, 0) is 0 Å². The topological polar surface area (TPSA) is 122 Å². The highest BCUT2D eigenvalue weighted by molar-refractivity contribution is 7.16. The zero-order chi connectivity index (χ0) is 15.0. The van der Waals surface area contributed by atoms with E-state index in [4.69, 9.17) is 10.6 Å². The quantitative estimate of drug-likeness (QED) is 0.324. The number of carbonyl (C=O) groups excluding carboxylic acids is 2. The van der Waals surface area contributed by atoms with Gasteiger partial charge in [0.2, 0.25) is 0 Å². The summed E-state index contributed by atoms with van der Waals surface area (Å²) in [7, 11) is 1.54. The molecule has 0 spiro atoms. The number of rotatable bonds is 1. The fraction of sp³-hybridized carbons (Fsp3) is 0.545. The Morgan fingerprint density at radius 1 is 1.48 bits per heavy atom. The Kier molecular flexibility index (Phi) is 3.66. The number of hydrogen-bond donors (Lipinski definition) is 4. The second-order valence-corrected chi connectivity index (χ2v) is 5.83. The summed E-state index contributed by atoms with van der Waals surface area (Å²) in [5, 5.41) is 5.65. The summed E-state index contributed by atoms with van der Waals surface area (Å²) < 4.78 is 5.55. The smallest absolute Gasteiger partial charge is 0.332 e. The first kappa shape index (κ1) is 14.0. The third-order valence-electron chi connectivity index (χ3n) is 3.58. The maximum Gasteiger partial charge on any atom is 0.332 e. The molecule has 0 unspecified atom stereocenters. The van der Waals surface area contributed by atoms with Crippen molar-refractivity contribution in [2.75, 3.05) is 25.6 Å². The molecule has 9 nitrogen and oxygen atoms in total. The number of morpholine rings is 1. The van der Waals surface area contributed by atoms with E-state index in [-0.39, 0.29) is 24.1 Å². The number of urea groups is 2. The van der Waals surface area contributed by atoms with E-state index in [1.54, 1.807) is 4.90 Å². The maximum atomic E-state index is 12.0. The van der Waals surface area contributed by atoms with Crippen LogP contribution in [0.15, 0.2) is 0 Å². The SMILES string of the molecule is CNC(=O)Nc1nc2c(s1)[C@@H]1COC[C@H](C2)N1C(=O)NN. The molecule has 0 radical (unpaired) electrons. The number of nitrogens with two attached hydrogens (primary N) is 1. The largest absolute Gasteiger partial charge is 0.377 e. The number of fused-ring (bicyclic) bond motifs is 4. The lowest BCUT2D eigenvalue weighted by atomic mass is 9.97. The molecule has 0 saturated carbocycles. The zero-order valence-electron chi connectivity index (χ0n) is 11.4. The molecule has 2 atom stereocenters. The van der Waals surface area contributed by atoms with Crippen molar-refractivity contribution in [3.05, 3.63) is 10.6 Å². The van der Waals surface area contributed by atoms with Gasteiger partial charge in [-0.2, -0.15) is 0 Å². The minimum atomic E-state index is -0.326. The van der Waals surface area contributed by atoms with Crippen LogP contribution in [0.25, 0.3) is 0 Å². The van der Waals surface area contributed by atoms with Gasteiger partial charge in [0.15, 0.2) is 5.13 Å². The van der Waals surface area contributed by atoms with E-state index < -0.39 is 0 Å². The van der Waals surface area contributed by atoms with Gasteiger partial charge in [-0.15, -0.1) is 0 Å². The van der Waals surface area contributed by atoms with Gasteiger partial charge in [0.25, 0.3) is 0 Å². The predicted molar refractivity (Wildman–Crippen MR) is 75.8 cm³/mol. The van der Waals surface area contributed by atoms with Crippen molar-refractivity contribution in [3.8, 4) is 0 Å². The van der Waals surface area contributed by atoms with Crippen LogP contribution < -0.4 is 21.9 Å². The lowest BCUT2D eigenvalue weighted by molar-refractivity contribution is -0.0336. The summed E-state index contributed by atoms with van der Waals surface area (Å²) in [6, 6.07) is -0.950. The molecule has 3 heterocycles. The number of aromatic nitrogens is 1. The highest BCUT2D eigenvalue weighted by Crippen LogP contribution is 2.40. The van der Waals surface area contributed by atoms with Crippen molar-refractivity contribution < 1.29 is 14.3 Å². The monoisotopic (exact) mass is 312 g/mol. The second kappa shape index (κ2) is 5.47. The Morgan fingerprint density at radius 2 is 2.29 bits per heavy atom. The van der Waals surface area contributed by atoms with E-state index in [1.165, 1.54) is 18.4 Å². The molecule has 5 N–H and O–H groups in total. The lowest BCUT2D eigenvalue weighted by Gasteiger charge is -2.44. The van der Waals surface area contributed by atoms with Gasteiger partial charge >= 0.3 is 12.1 Å². The van der Waals surface area contributed by atoms with Crippen LogP contribution >= 0.6 is 11.3 Å². The molecular formula is C11H16N6O3S. The number of amides is 4. The molecule has 10 heteroatoms.